The van der Waals surface area contributed by atoms with E-state index in [1.807, 2.05) is 0 Å². The standard InChI is InChI=1S/C12H14N2O3/c1-8-7-12(2,17)14(13-8)11(16)9-5-3-4-6-10(9)15/h3-6,15,17H,7H2,1-2H3. The van der Waals surface area contributed by atoms with Crippen molar-refractivity contribution < 1.29 is 15.0 Å². The molecule has 1 heterocycles. The molecule has 1 aromatic rings. The molecule has 1 atom stereocenters. The molecule has 0 spiro atoms. The van der Waals surface area contributed by atoms with Crippen molar-refractivity contribution in [1.82, 2.24) is 5.01 Å². The van der Waals surface area contributed by atoms with Crippen LogP contribution in [0.1, 0.15) is 30.6 Å². The monoisotopic (exact) mass is 234 g/mol. The molecule has 1 unspecified atom stereocenters. The number of benzene rings is 1. The Bertz CT molecular complexity index is 494. The summed E-state index contributed by atoms with van der Waals surface area (Å²) >= 11 is 0. The lowest BCUT2D eigenvalue weighted by Gasteiger charge is -2.27. The number of amides is 1. The predicted octanol–water partition coefficient (Wildman–Crippen LogP) is 1.32. The number of para-hydroxylation sites is 1. The molecule has 17 heavy (non-hydrogen) atoms. The number of phenols is 1. The van der Waals surface area contributed by atoms with Crippen LogP contribution in [0.2, 0.25) is 0 Å². The number of aliphatic hydroxyl groups is 1. The first-order valence-electron chi connectivity index (χ1n) is 5.31. The van der Waals surface area contributed by atoms with Crippen molar-refractivity contribution in [2.45, 2.75) is 26.0 Å². The molecule has 0 saturated carbocycles. The number of hydrogen-bond acceptors (Lipinski definition) is 4. The highest BCUT2D eigenvalue weighted by Crippen LogP contribution is 2.28. The molecule has 1 aromatic carbocycles. The van der Waals surface area contributed by atoms with Crippen LogP contribution in [0.4, 0.5) is 0 Å². The van der Waals surface area contributed by atoms with Crippen LogP contribution in [0.15, 0.2) is 29.4 Å². The third kappa shape index (κ3) is 2.01. The van der Waals surface area contributed by atoms with E-state index in [4.69, 9.17) is 0 Å². The molecular formula is C12H14N2O3. The fraction of sp³-hybridized carbons (Fsp3) is 0.333. The Morgan fingerprint density at radius 3 is 2.65 bits per heavy atom. The fourth-order valence-electron chi connectivity index (χ4n) is 1.91. The molecule has 0 aromatic heterocycles. The smallest absolute Gasteiger partial charge is 0.280 e. The lowest BCUT2D eigenvalue weighted by atomic mass is 10.1. The van der Waals surface area contributed by atoms with Gasteiger partial charge < -0.3 is 10.2 Å². The van der Waals surface area contributed by atoms with Crippen LogP contribution in [0.5, 0.6) is 5.75 Å². The Labute approximate surface area is 99.0 Å². The second-order valence-corrected chi connectivity index (χ2v) is 4.36. The van der Waals surface area contributed by atoms with Gasteiger partial charge in [0.25, 0.3) is 5.91 Å². The molecule has 1 aliphatic heterocycles. The highest BCUT2D eigenvalue weighted by Gasteiger charge is 2.39. The maximum atomic E-state index is 12.1. The summed E-state index contributed by atoms with van der Waals surface area (Å²) in [6, 6.07) is 6.20. The minimum Gasteiger partial charge on any atom is -0.507 e. The average Bonchev–Trinajstić information content (AvgIpc) is 2.51. The summed E-state index contributed by atoms with van der Waals surface area (Å²) in [5.41, 5.74) is -0.520. The highest BCUT2D eigenvalue weighted by atomic mass is 16.3. The zero-order valence-corrected chi connectivity index (χ0v) is 9.71. The van der Waals surface area contributed by atoms with Gasteiger partial charge >= 0.3 is 0 Å². The summed E-state index contributed by atoms with van der Waals surface area (Å²) in [6.45, 7) is 3.26. The minimum absolute atomic E-state index is 0.118. The lowest BCUT2D eigenvalue weighted by molar-refractivity contribution is -0.0554. The largest absolute Gasteiger partial charge is 0.507 e. The zero-order valence-electron chi connectivity index (χ0n) is 9.71. The van der Waals surface area contributed by atoms with Gasteiger partial charge in [0.1, 0.15) is 5.75 Å². The maximum Gasteiger partial charge on any atom is 0.280 e. The number of carbonyl (C=O) groups is 1. The molecule has 0 radical (unpaired) electrons. The van der Waals surface area contributed by atoms with Crippen LogP contribution in [0, 0.1) is 0 Å². The number of phenolic OH excluding ortho intramolecular Hbond substituents is 1. The summed E-state index contributed by atoms with van der Waals surface area (Å²) in [5, 5.41) is 24.7. The van der Waals surface area contributed by atoms with Gasteiger partial charge in [-0.1, -0.05) is 12.1 Å². The summed E-state index contributed by atoms with van der Waals surface area (Å²) in [4.78, 5) is 12.1. The van der Waals surface area contributed by atoms with E-state index in [0.717, 1.165) is 5.01 Å². The van der Waals surface area contributed by atoms with Gasteiger partial charge in [-0.05, 0) is 26.0 Å². The molecule has 0 aliphatic carbocycles. The van der Waals surface area contributed by atoms with Gasteiger partial charge in [0.15, 0.2) is 5.72 Å². The Kier molecular flexibility index (Phi) is 2.63. The minimum atomic E-state index is -1.33. The van der Waals surface area contributed by atoms with Crippen molar-refractivity contribution >= 4 is 11.6 Å². The number of aromatic hydroxyl groups is 1. The lowest BCUT2D eigenvalue weighted by Crippen LogP contribution is -2.43. The first kappa shape index (κ1) is 11.6. The van der Waals surface area contributed by atoms with Crippen molar-refractivity contribution in [3.8, 4) is 5.75 Å². The molecule has 2 N–H and O–H groups in total. The second kappa shape index (κ2) is 3.85. The molecule has 1 amide bonds. The first-order valence-corrected chi connectivity index (χ1v) is 5.31. The summed E-state index contributed by atoms with van der Waals surface area (Å²) in [6.07, 6.45) is 0.312. The van der Waals surface area contributed by atoms with Crippen molar-refractivity contribution in [2.75, 3.05) is 0 Å². The van der Waals surface area contributed by atoms with Gasteiger partial charge in [-0.25, -0.2) is 0 Å². The Morgan fingerprint density at radius 1 is 1.47 bits per heavy atom. The number of hydrazone groups is 1. The Morgan fingerprint density at radius 2 is 2.12 bits per heavy atom. The van der Waals surface area contributed by atoms with E-state index in [1.165, 1.54) is 19.1 Å². The quantitative estimate of drug-likeness (QED) is 0.769. The molecule has 0 bridgehead atoms. The van der Waals surface area contributed by atoms with Crippen LogP contribution >= 0.6 is 0 Å². The van der Waals surface area contributed by atoms with E-state index in [2.05, 4.69) is 5.10 Å². The molecule has 90 valence electrons. The SMILES string of the molecule is CC1=NN(C(=O)c2ccccc2O)C(C)(O)C1. The van der Waals surface area contributed by atoms with Crippen LogP contribution in [0.25, 0.3) is 0 Å². The van der Waals surface area contributed by atoms with E-state index in [1.54, 1.807) is 19.1 Å². The summed E-state index contributed by atoms with van der Waals surface area (Å²) < 4.78 is 0. The van der Waals surface area contributed by atoms with Gasteiger partial charge in [-0.15, -0.1) is 0 Å². The number of carbonyl (C=O) groups excluding carboxylic acids is 1. The maximum absolute atomic E-state index is 12.1. The molecule has 2 rings (SSSR count). The normalized spacial score (nSPS) is 23.7. The number of nitrogens with zero attached hydrogens (tertiary/aromatic N) is 2. The molecule has 5 heteroatoms. The van der Waals surface area contributed by atoms with Gasteiger partial charge in [-0.2, -0.15) is 10.1 Å². The number of hydrogen-bond donors (Lipinski definition) is 2. The van der Waals surface area contributed by atoms with Crippen LogP contribution in [-0.4, -0.2) is 32.6 Å². The van der Waals surface area contributed by atoms with E-state index < -0.39 is 11.6 Å². The van der Waals surface area contributed by atoms with E-state index in [9.17, 15) is 15.0 Å². The summed E-state index contributed by atoms with van der Waals surface area (Å²) in [5.74, 6) is -0.627. The van der Waals surface area contributed by atoms with Crippen LogP contribution in [-0.2, 0) is 0 Å². The first-order chi connectivity index (χ1) is 7.92. The van der Waals surface area contributed by atoms with Gasteiger partial charge in [-0.3, -0.25) is 4.79 Å². The van der Waals surface area contributed by atoms with Gasteiger partial charge in [0, 0.05) is 12.1 Å². The van der Waals surface area contributed by atoms with Crippen molar-refractivity contribution in [1.29, 1.82) is 0 Å². The van der Waals surface area contributed by atoms with Crippen molar-refractivity contribution in [2.24, 2.45) is 5.10 Å². The van der Waals surface area contributed by atoms with Gasteiger partial charge in [0.2, 0.25) is 0 Å². The predicted molar refractivity (Wildman–Crippen MR) is 62.6 cm³/mol. The van der Waals surface area contributed by atoms with E-state index in [0.29, 0.717) is 12.1 Å². The van der Waals surface area contributed by atoms with E-state index in [-0.39, 0.29) is 11.3 Å². The van der Waals surface area contributed by atoms with Gasteiger partial charge in [0.05, 0.1) is 5.56 Å². The van der Waals surface area contributed by atoms with Crippen LogP contribution in [0.3, 0.4) is 0 Å². The molecule has 0 saturated heterocycles. The molecule has 1 aliphatic rings. The van der Waals surface area contributed by atoms with Crippen molar-refractivity contribution in [3.05, 3.63) is 29.8 Å². The Hall–Kier alpha value is -1.88. The number of rotatable bonds is 1. The summed E-state index contributed by atoms with van der Waals surface area (Å²) in [7, 11) is 0. The molecular weight excluding hydrogens is 220 g/mol. The molecule has 0 fully saturated rings. The van der Waals surface area contributed by atoms with Crippen LogP contribution < -0.4 is 0 Å². The highest BCUT2D eigenvalue weighted by molar-refractivity contribution is 5.99. The zero-order chi connectivity index (χ0) is 12.6. The average molecular weight is 234 g/mol. The topological polar surface area (TPSA) is 73.1 Å². The Balaban J connectivity index is 2.36. The fourth-order valence-corrected chi connectivity index (χ4v) is 1.91. The second-order valence-electron chi connectivity index (χ2n) is 4.36. The molecule has 5 nitrogen and oxygen atoms in total. The third-order valence-corrected chi connectivity index (χ3v) is 2.64. The van der Waals surface area contributed by atoms with Crippen molar-refractivity contribution in [3.63, 3.8) is 0 Å². The van der Waals surface area contributed by atoms with E-state index >= 15 is 0 Å². The third-order valence-electron chi connectivity index (χ3n) is 2.64.